The topological polar surface area (TPSA) is 43.8 Å². The van der Waals surface area contributed by atoms with E-state index in [0.29, 0.717) is 18.5 Å². The van der Waals surface area contributed by atoms with Gasteiger partial charge in [-0.2, -0.15) is 0 Å². The molecule has 0 aliphatic carbocycles. The molecule has 0 aliphatic heterocycles. The van der Waals surface area contributed by atoms with Crippen LogP contribution < -0.4 is 5.73 Å². The van der Waals surface area contributed by atoms with E-state index in [0.717, 1.165) is 29.0 Å². The van der Waals surface area contributed by atoms with Crippen LogP contribution in [-0.2, 0) is 19.5 Å². The van der Waals surface area contributed by atoms with Gasteiger partial charge in [-0.3, -0.25) is 0 Å². The fraction of sp³-hybridized carbons (Fsp3) is 0.235. The zero-order chi connectivity index (χ0) is 14.8. The first kappa shape index (κ1) is 13.8. The van der Waals surface area contributed by atoms with Crippen LogP contribution in [0.4, 0.5) is 4.39 Å². The standard InChI is InChI=1S/C17H18FN3/c1-2-21-16-6-4-3-5-15(16)20-17(21)10-13-8-7-12(11-19)9-14(13)18/h3-9H,2,10-11,19H2,1H3. The van der Waals surface area contributed by atoms with Gasteiger partial charge in [-0.1, -0.05) is 24.3 Å². The van der Waals surface area contributed by atoms with Crippen molar-refractivity contribution in [3.63, 3.8) is 0 Å². The Bertz CT molecular complexity index is 777. The lowest BCUT2D eigenvalue weighted by atomic mass is 10.1. The Balaban J connectivity index is 2.01. The second-order valence-electron chi connectivity index (χ2n) is 5.07. The smallest absolute Gasteiger partial charge is 0.127 e. The first-order chi connectivity index (χ1) is 10.2. The van der Waals surface area contributed by atoms with Crippen molar-refractivity contribution in [2.24, 2.45) is 5.73 Å². The highest BCUT2D eigenvalue weighted by Crippen LogP contribution is 2.20. The number of para-hydroxylation sites is 2. The van der Waals surface area contributed by atoms with E-state index in [1.807, 2.05) is 30.3 Å². The Labute approximate surface area is 123 Å². The van der Waals surface area contributed by atoms with Gasteiger partial charge in [-0.15, -0.1) is 0 Å². The molecule has 1 aromatic heterocycles. The van der Waals surface area contributed by atoms with Crippen LogP contribution in [0.2, 0.25) is 0 Å². The lowest BCUT2D eigenvalue weighted by Crippen LogP contribution is -2.05. The van der Waals surface area contributed by atoms with Gasteiger partial charge in [-0.05, 0) is 36.2 Å². The highest BCUT2D eigenvalue weighted by molar-refractivity contribution is 5.76. The van der Waals surface area contributed by atoms with Crippen LogP contribution in [0.3, 0.4) is 0 Å². The average Bonchev–Trinajstić information content (AvgIpc) is 2.86. The quantitative estimate of drug-likeness (QED) is 0.798. The van der Waals surface area contributed by atoms with Crippen molar-refractivity contribution in [1.82, 2.24) is 9.55 Å². The molecule has 2 aromatic carbocycles. The lowest BCUT2D eigenvalue weighted by Gasteiger charge is -2.08. The van der Waals surface area contributed by atoms with Crippen LogP contribution in [0.5, 0.6) is 0 Å². The van der Waals surface area contributed by atoms with E-state index in [2.05, 4.69) is 16.5 Å². The SMILES string of the molecule is CCn1c(Cc2ccc(CN)cc2F)nc2ccccc21. The zero-order valence-electron chi connectivity index (χ0n) is 12.0. The number of hydrogen-bond donors (Lipinski definition) is 1. The van der Waals surface area contributed by atoms with E-state index in [4.69, 9.17) is 5.73 Å². The molecule has 2 N–H and O–H groups in total. The number of hydrogen-bond acceptors (Lipinski definition) is 2. The third-order valence-electron chi connectivity index (χ3n) is 3.75. The Kier molecular flexibility index (Phi) is 3.71. The van der Waals surface area contributed by atoms with E-state index in [1.54, 1.807) is 6.07 Å². The third-order valence-corrected chi connectivity index (χ3v) is 3.75. The average molecular weight is 283 g/mol. The number of aryl methyl sites for hydroxylation is 1. The molecular formula is C17H18FN3. The Morgan fingerprint density at radius 1 is 1.19 bits per heavy atom. The van der Waals surface area contributed by atoms with Crippen molar-refractivity contribution in [2.75, 3.05) is 0 Å². The maximum Gasteiger partial charge on any atom is 0.127 e. The first-order valence-corrected chi connectivity index (χ1v) is 7.14. The number of nitrogens with two attached hydrogens (primary N) is 1. The summed E-state index contributed by atoms with van der Waals surface area (Å²) in [5, 5.41) is 0. The second-order valence-corrected chi connectivity index (χ2v) is 5.07. The Hall–Kier alpha value is -2.20. The third kappa shape index (κ3) is 2.54. The molecular weight excluding hydrogens is 265 g/mol. The highest BCUT2D eigenvalue weighted by Gasteiger charge is 2.12. The van der Waals surface area contributed by atoms with Crippen molar-refractivity contribution in [3.05, 3.63) is 65.2 Å². The van der Waals surface area contributed by atoms with Crippen LogP contribution in [0.1, 0.15) is 23.9 Å². The van der Waals surface area contributed by atoms with Crippen LogP contribution in [0.25, 0.3) is 11.0 Å². The normalized spacial score (nSPS) is 11.2. The van der Waals surface area contributed by atoms with Crippen LogP contribution in [0.15, 0.2) is 42.5 Å². The highest BCUT2D eigenvalue weighted by atomic mass is 19.1. The Morgan fingerprint density at radius 3 is 2.71 bits per heavy atom. The minimum Gasteiger partial charge on any atom is -0.328 e. The van der Waals surface area contributed by atoms with E-state index in [9.17, 15) is 4.39 Å². The molecule has 3 nitrogen and oxygen atoms in total. The van der Waals surface area contributed by atoms with Crippen LogP contribution in [0, 0.1) is 5.82 Å². The van der Waals surface area contributed by atoms with Crippen molar-refractivity contribution in [2.45, 2.75) is 26.4 Å². The van der Waals surface area contributed by atoms with Gasteiger partial charge < -0.3 is 10.3 Å². The molecule has 3 aromatic rings. The predicted octanol–water partition coefficient (Wildman–Crippen LogP) is 3.24. The summed E-state index contributed by atoms with van der Waals surface area (Å²) in [4.78, 5) is 4.63. The van der Waals surface area contributed by atoms with Gasteiger partial charge in [0.05, 0.1) is 11.0 Å². The molecule has 4 heteroatoms. The van der Waals surface area contributed by atoms with Crippen LogP contribution in [-0.4, -0.2) is 9.55 Å². The van der Waals surface area contributed by atoms with Gasteiger partial charge in [0, 0.05) is 19.5 Å². The van der Waals surface area contributed by atoms with Gasteiger partial charge in [-0.25, -0.2) is 9.37 Å². The number of nitrogens with zero attached hydrogens (tertiary/aromatic N) is 2. The van der Waals surface area contributed by atoms with Gasteiger partial charge in [0.15, 0.2) is 0 Å². The summed E-state index contributed by atoms with van der Waals surface area (Å²) >= 11 is 0. The maximum atomic E-state index is 14.1. The molecule has 108 valence electrons. The molecule has 21 heavy (non-hydrogen) atoms. The molecule has 0 amide bonds. The monoisotopic (exact) mass is 283 g/mol. The lowest BCUT2D eigenvalue weighted by molar-refractivity contribution is 0.606. The largest absolute Gasteiger partial charge is 0.328 e. The summed E-state index contributed by atoms with van der Waals surface area (Å²) in [5.74, 6) is 0.672. The molecule has 0 bridgehead atoms. The van der Waals surface area contributed by atoms with E-state index in [1.165, 1.54) is 6.07 Å². The summed E-state index contributed by atoms with van der Waals surface area (Å²) in [7, 11) is 0. The van der Waals surface area contributed by atoms with Gasteiger partial charge in [0.1, 0.15) is 11.6 Å². The molecule has 1 heterocycles. The first-order valence-electron chi connectivity index (χ1n) is 7.14. The molecule has 0 fully saturated rings. The van der Waals surface area contributed by atoms with Crippen LogP contribution >= 0.6 is 0 Å². The fourth-order valence-electron chi connectivity index (χ4n) is 2.64. The number of aromatic nitrogens is 2. The number of imidazole rings is 1. The summed E-state index contributed by atoms with van der Waals surface area (Å²) in [5.41, 5.74) is 9.03. The van der Waals surface area contributed by atoms with Crippen molar-refractivity contribution in [1.29, 1.82) is 0 Å². The number of benzene rings is 2. The minimum absolute atomic E-state index is 0.215. The molecule has 0 saturated carbocycles. The van der Waals surface area contributed by atoms with E-state index in [-0.39, 0.29) is 5.82 Å². The molecule has 0 atom stereocenters. The van der Waals surface area contributed by atoms with E-state index < -0.39 is 0 Å². The van der Waals surface area contributed by atoms with Crippen molar-refractivity contribution in [3.8, 4) is 0 Å². The fourth-order valence-corrected chi connectivity index (χ4v) is 2.64. The summed E-state index contributed by atoms with van der Waals surface area (Å²) in [6.45, 7) is 3.24. The van der Waals surface area contributed by atoms with Gasteiger partial charge >= 0.3 is 0 Å². The summed E-state index contributed by atoms with van der Waals surface area (Å²) < 4.78 is 16.3. The molecule has 0 saturated heterocycles. The summed E-state index contributed by atoms with van der Waals surface area (Å²) in [6, 6.07) is 13.2. The van der Waals surface area contributed by atoms with Gasteiger partial charge in [0.2, 0.25) is 0 Å². The second kappa shape index (κ2) is 5.66. The maximum absolute atomic E-state index is 14.1. The summed E-state index contributed by atoms with van der Waals surface area (Å²) in [6.07, 6.45) is 0.485. The number of halogens is 1. The molecule has 0 unspecified atom stereocenters. The molecule has 0 aliphatic rings. The molecule has 0 radical (unpaired) electrons. The van der Waals surface area contributed by atoms with Crippen molar-refractivity contribution >= 4 is 11.0 Å². The zero-order valence-corrected chi connectivity index (χ0v) is 12.0. The molecule has 3 rings (SSSR count). The number of rotatable bonds is 4. The predicted molar refractivity (Wildman–Crippen MR) is 82.5 cm³/mol. The van der Waals surface area contributed by atoms with E-state index >= 15 is 0 Å². The minimum atomic E-state index is -0.215. The number of fused-ring (bicyclic) bond motifs is 1. The Morgan fingerprint density at radius 2 is 2.00 bits per heavy atom. The molecule has 0 spiro atoms. The van der Waals surface area contributed by atoms with Gasteiger partial charge in [0.25, 0.3) is 0 Å². The van der Waals surface area contributed by atoms with Crippen molar-refractivity contribution < 1.29 is 4.39 Å².